The van der Waals surface area contributed by atoms with E-state index in [1.807, 2.05) is 30.0 Å². The number of rotatable bonds is 2. The molecule has 0 saturated carbocycles. The third-order valence-electron chi connectivity index (χ3n) is 2.27. The van der Waals surface area contributed by atoms with E-state index in [0.29, 0.717) is 0 Å². The third kappa shape index (κ3) is 1.49. The predicted molar refractivity (Wildman–Crippen MR) is 51.5 cm³/mol. The van der Waals surface area contributed by atoms with Crippen LogP contribution in [0.5, 0.6) is 0 Å². The van der Waals surface area contributed by atoms with Crippen molar-refractivity contribution in [1.29, 1.82) is 0 Å². The van der Waals surface area contributed by atoms with Crippen LogP contribution >= 0.6 is 0 Å². The summed E-state index contributed by atoms with van der Waals surface area (Å²) in [5.41, 5.74) is 7.47. The molecule has 1 saturated heterocycles. The molecule has 1 aliphatic rings. The van der Waals surface area contributed by atoms with Crippen LogP contribution in [0.1, 0.15) is 5.56 Å². The van der Waals surface area contributed by atoms with Crippen molar-refractivity contribution in [2.75, 3.05) is 11.4 Å². The molecule has 13 heavy (non-hydrogen) atoms. The van der Waals surface area contributed by atoms with Gasteiger partial charge in [-0.2, -0.15) is 0 Å². The van der Waals surface area contributed by atoms with Gasteiger partial charge in [0.2, 0.25) is 5.91 Å². The number of aryl methyl sites for hydroxylation is 1. The normalized spacial score (nSPS) is 20.1. The summed E-state index contributed by atoms with van der Waals surface area (Å²) in [6.45, 7) is 2.80. The van der Waals surface area contributed by atoms with E-state index >= 15 is 0 Å². The molecule has 1 atom stereocenters. The minimum atomic E-state index is -0.235. The summed E-state index contributed by atoms with van der Waals surface area (Å²) >= 11 is 0. The first-order chi connectivity index (χ1) is 6.18. The maximum Gasteiger partial charge on any atom is 0.241 e. The highest BCUT2D eigenvalue weighted by atomic mass is 16.1. The number of anilines is 1. The Bertz CT molecular complexity index is 349. The molecule has 0 bridgehead atoms. The molecule has 0 aliphatic carbocycles. The molecule has 0 aromatic heterocycles. The van der Waals surface area contributed by atoms with Crippen LogP contribution < -0.4 is 10.6 Å². The van der Waals surface area contributed by atoms with Crippen molar-refractivity contribution in [3.05, 3.63) is 29.8 Å². The van der Waals surface area contributed by atoms with Crippen LogP contribution in [-0.2, 0) is 4.79 Å². The number of amides is 1. The van der Waals surface area contributed by atoms with Gasteiger partial charge in [-0.05, 0) is 24.6 Å². The lowest BCUT2D eigenvalue weighted by atomic mass is 10.2. The monoisotopic (exact) mass is 176 g/mol. The Balaban J connectivity index is 2.16. The van der Waals surface area contributed by atoms with Gasteiger partial charge in [-0.1, -0.05) is 12.1 Å². The molecule has 1 fully saturated rings. The van der Waals surface area contributed by atoms with Gasteiger partial charge in [-0.15, -0.1) is 0 Å². The summed E-state index contributed by atoms with van der Waals surface area (Å²) in [5.74, 6) is -0.235. The van der Waals surface area contributed by atoms with Crippen LogP contribution in [0.15, 0.2) is 24.3 Å². The van der Waals surface area contributed by atoms with Crippen molar-refractivity contribution < 1.29 is 4.79 Å². The molecule has 1 aromatic carbocycles. The number of hydrogen-bond donors (Lipinski definition) is 1. The minimum absolute atomic E-state index is 0.0817. The first-order valence-corrected chi connectivity index (χ1v) is 4.31. The first kappa shape index (κ1) is 8.10. The lowest BCUT2D eigenvalue weighted by Gasteiger charge is -2.04. The van der Waals surface area contributed by atoms with Crippen LogP contribution in [-0.4, -0.2) is 18.5 Å². The lowest BCUT2D eigenvalue weighted by molar-refractivity contribution is -0.117. The Morgan fingerprint density at radius 2 is 2.38 bits per heavy atom. The van der Waals surface area contributed by atoms with Crippen LogP contribution in [0.2, 0.25) is 0 Å². The van der Waals surface area contributed by atoms with Gasteiger partial charge >= 0.3 is 0 Å². The second-order valence-corrected chi connectivity index (χ2v) is 3.41. The highest BCUT2D eigenvalue weighted by Crippen LogP contribution is 2.27. The van der Waals surface area contributed by atoms with Crippen LogP contribution in [0.4, 0.5) is 5.69 Å². The lowest BCUT2D eigenvalue weighted by Crippen LogP contribution is -2.21. The molecule has 2 rings (SSSR count). The van der Waals surface area contributed by atoms with E-state index in [2.05, 4.69) is 6.07 Å². The van der Waals surface area contributed by atoms with Crippen molar-refractivity contribution in [3.8, 4) is 0 Å². The minimum Gasteiger partial charge on any atom is -0.368 e. The molecule has 3 nitrogen and oxygen atoms in total. The van der Waals surface area contributed by atoms with Gasteiger partial charge in [0.05, 0.1) is 0 Å². The molecule has 0 spiro atoms. The molecule has 1 unspecified atom stereocenters. The fourth-order valence-corrected chi connectivity index (χ4v) is 1.47. The Labute approximate surface area is 77.1 Å². The van der Waals surface area contributed by atoms with Crippen molar-refractivity contribution >= 4 is 11.6 Å². The largest absolute Gasteiger partial charge is 0.368 e. The molecule has 1 aromatic rings. The summed E-state index contributed by atoms with van der Waals surface area (Å²) in [7, 11) is 0. The third-order valence-corrected chi connectivity index (χ3v) is 2.27. The molecule has 68 valence electrons. The number of primary amides is 1. The van der Waals surface area contributed by atoms with Gasteiger partial charge in [0, 0.05) is 12.2 Å². The molecule has 3 heteroatoms. The van der Waals surface area contributed by atoms with Gasteiger partial charge in [0.1, 0.15) is 6.04 Å². The number of carbonyl (C=O) groups is 1. The average Bonchev–Trinajstić information content (AvgIpc) is 2.82. The Morgan fingerprint density at radius 3 is 2.92 bits per heavy atom. The summed E-state index contributed by atoms with van der Waals surface area (Å²) in [5, 5.41) is 0. The quantitative estimate of drug-likeness (QED) is 0.673. The van der Waals surface area contributed by atoms with Crippen molar-refractivity contribution in [3.63, 3.8) is 0 Å². The van der Waals surface area contributed by atoms with E-state index in [0.717, 1.165) is 12.2 Å². The zero-order chi connectivity index (χ0) is 9.42. The molecule has 1 heterocycles. The van der Waals surface area contributed by atoms with E-state index in [1.165, 1.54) is 5.56 Å². The number of carbonyl (C=O) groups excluding carboxylic acids is 1. The van der Waals surface area contributed by atoms with Crippen LogP contribution in [0.25, 0.3) is 0 Å². The molecular weight excluding hydrogens is 164 g/mol. The number of nitrogens with zero attached hydrogens (tertiary/aromatic N) is 1. The van der Waals surface area contributed by atoms with E-state index in [-0.39, 0.29) is 11.9 Å². The summed E-state index contributed by atoms with van der Waals surface area (Å²) < 4.78 is 0. The fourth-order valence-electron chi connectivity index (χ4n) is 1.47. The van der Waals surface area contributed by atoms with Crippen molar-refractivity contribution in [2.45, 2.75) is 13.0 Å². The van der Waals surface area contributed by atoms with E-state index in [1.54, 1.807) is 0 Å². The van der Waals surface area contributed by atoms with Gasteiger partial charge < -0.3 is 10.6 Å². The predicted octanol–water partition coefficient (Wildman–Crippen LogP) is 0.669. The number of nitrogens with two attached hydrogens (primary N) is 1. The number of hydrogen-bond acceptors (Lipinski definition) is 2. The molecule has 0 radical (unpaired) electrons. The molecule has 1 aliphatic heterocycles. The van der Waals surface area contributed by atoms with Gasteiger partial charge in [-0.25, -0.2) is 0 Å². The standard InChI is InChI=1S/C10H12N2O/c1-7-3-2-4-8(5-7)12-6-9(12)10(11)13/h2-5,9H,6H2,1H3,(H2,11,13). The highest BCUT2D eigenvalue weighted by molar-refractivity contribution is 5.89. The Kier molecular flexibility index (Phi) is 1.72. The van der Waals surface area contributed by atoms with Crippen molar-refractivity contribution in [2.24, 2.45) is 5.73 Å². The highest BCUT2D eigenvalue weighted by Gasteiger charge is 2.38. The zero-order valence-electron chi connectivity index (χ0n) is 7.53. The summed E-state index contributed by atoms with van der Waals surface area (Å²) in [6, 6.07) is 7.99. The zero-order valence-corrected chi connectivity index (χ0v) is 7.53. The molecule has 2 N–H and O–H groups in total. The Morgan fingerprint density at radius 1 is 1.62 bits per heavy atom. The topological polar surface area (TPSA) is 46.1 Å². The SMILES string of the molecule is Cc1cccc(N2CC2C(N)=O)c1. The molecule has 1 amide bonds. The van der Waals surface area contributed by atoms with E-state index in [4.69, 9.17) is 5.73 Å². The number of benzene rings is 1. The van der Waals surface area contributed by atoms with Crippen LogP contribution in [0, 0.1) is 6.92 Å². The fraction of sp³-hybridized carbons (Fsp3) is 0.300. The van der Waals surface area contributed by atoms with Gasteiger partial charge in [0.25, 0.3) is 0 Å². The maximum atomic E-state index is 10.8. The van der Waals surface area contributed by atoms with Crippen molar-refractivity contribution in [1.82, 2.24) is 0 Å². The van der Waals surface area contributed by atoms with Gasteiger partial charge in [0.15, 0.2) is 0 Å². The average molecular weight is 176 g/mol. The second-order valence-electron chi connectivity index (χ2n) is 3.41. The summed E-state index contributed by atoms with van der Waals surface area (Å²) in [6.07, 6.45) is 0. The maximum absolute atomic E-state index is 10.8. The first-order valence-electron chi connectivity index (χ1n) is 4.31. The summed E-state index contributed by atoms with van der Waals surface area (Å²) in [4.78, 5) is 12.8. The second kappa shape index (κ2) is 2.76. The van der Waals surface area contributed by atoms with Gasteiger partial charge in [-0.3, -0.25) is 4.79 Å². The van der Waals surface area contributed by atoms with E-state index in [9.17, 15) is 4.79 Å². The van der Waals surface area contributed by atoms with Crippen LogP contribution in [0.3, 0.4) is 0 Å². The molecular formula is C10H12N2O. The Hall–Kier alpha value is -1.51. The smallest absolute Gasteiger partial charge is 0.241 e. The van der Waals surface area contributed by atoms with E-state index < -0.39 is 0 Å².